The lowest BCUT2D eigenvalue weighted by molar-refractivity contribution is 0.0905. The Balaban J connectivity index is 2.34. The Morgan fingerprint density at radius 2 is 2.15 bits per heavy atom. The molecule has 0 aliphatic heterocycles. The molecule has 5 nitrogen and oxygen atoms in total. The molecule has 5 heteroatoms. The highest BCUT2D eigenvalue weighted by Gasteiger charge is 2.07. The van der Waals surface area contributed by atoms with Crippen LogP contribution in [0, 0.1) is 5.92 Å². The molecular weight excluding hydrogens is 254 g/mol. The zero-order chi connectivity index (χ0) is 15.0. The summed E-state index contributed by atoms with van der Waals surface area (Å²) in [6, 6.07) is 3.36. The Morgan fingerprint density at radius 1 is 1.40 bits per heavy atom. The molecule has 112 valence electrons. The number of hydrogen-bond donors (Lipinski definition) is 2. The summed E-state index contributed by atoms with van der Waals surface area (Å²) >= 11 is 0. The number of pyridine rings is 1. The van der Waals surface area contributed by atoms with Gasteiger partial charge in [-0.25, -0.2) is 4.98 Å². The van der Waals surface area contributed by atoms with Crippen LogP contribution in [0.5, 0.6) is 0 Å². The minimum Gasteiger partial charge on any atom is -0.384 e. The minimum atomic E-state index is -0.138. The Bertz CT molecular complexity index is 433. The molecule has 0 aliphatic rings. The molecule has 0 bridgehead atoms. The molecule has 20 heavy (non-hydrogen) atoms. The normalized spacial score (nSPS) is 10.8. The third-order valence-electron chi connectivity index (χ3n) is 2.89. The van der Waals surface area contributed by atoms with Crippen molar-refractivity contribution < 1.29 is 9.53 Å². The van der Waals surface area contributed by atoms with Gasteiger partial charge in [-0.3, -0.25) is 4.79 Å². The number of nitrogens with one attached hydrogen (secondary N) is 1. The highest BCUT2D eigenvalue weighted by molar-refractivity contribution is 5.94. The Morgan fingerprint density at radius 3 is 2.80 bits per heavy atom. The van der Waals surface area contributed by atoms with E-state index in [0.717, 1.165) is 25.1 Å². The van der Waals surface area contributed by atoms with Gasteiger partial charge in [-0.15, -0.1) is 0 Å². The van der Waals surface area contributed by atoms with Crippen LogP contribution in [0.2, 0.25) is 0 Å². The van der Waals surface area contributed by atoms with Gasteiger partial charge < -0.3 is 15.8 Å². The molecule has 1 aromatic heterocycles. The molecular formula is C15H25N3O2. The van der Waals surface area contributed by atoms with Crippen molar-refractivity contribution in [2.75, 3.05) is 25.5 Å². The fraction of sp³-hybridized carbons (Fsp3) is 0.600. The van der Waals surface area contributed by atoms with Crippen LogP contribution in [-0.2, 0) is 11.2 Å². The summed E-state index contributed by atoms with van der Waals surface area (Å²) < 4.78 is 5.45. The summed E-state index contributed by atoms with van der Waals surface area (Å²) in [6.45, 7) is 8.05. The molecule has 0 saturated heterocycles. The predicted molar refractivity (Wildman–Crippen MR) is 80.6 cm³/mol. The minimum absolute atomic E-state index is 0.138. The van der Waals surface area contributed by atoms with E-state index in [-0.39, 0.29) is 5.91 Å². The van der Waals surface area contributed by atoms with Crippen molar-refractivity contribution in [1.29, 1.82) is 0 Å². The summed E-state index contributed by atoms with van der Waals surface area (Å²) in [6.07, 6.45) is 1.79. The molecule has 0 radical (unpaired) electrons. The van der Waals surface area contributed by atoms with Crippen molar-refractivity contribution in [2.45, 2.75) is 33.6 Å². The second-order valence-corrected chi connectivity index (χ2v) is 5.18. The summed E-state index contributed by atoms with van der Waals surface area (Å²) in [4.78, 5) is 16.1. The van der Waals surface area contributed by atoms with Gasteiger partial charge in [0, 0.05) is 24.4 Å². The average molecular weight is 279 g/mol. The molecule has 1 heterocycles. The van der Waals surface area contributed by atoms with E-state index in [1.165, 1.54) is 0 Å². The van der Waals surface area contributed by atoms with E-state index >= 15 is 0 Å². The van der Waals surface area contributed by atoms with Crippen molar-refractivity contribution in [3.05, 3.63) is 23.4 Å². The van der Waals surface area contributed by atoms with Crippen LogP contribution in [0.3, 0.4) is 0 Å². The number of aryl methyl sites for hydroxylation is 1. The van der Waals surface area contributed by atoms with Crippen LogP contribution < -0.4 is 11.1 Å². The number of hydrogen-bond acceptors (Lipinski definition) is 4. The van der Waals surface area contributed by atoms with E-state index in [0.29, 0.717) is 30.5 Å². The number of carbonyl (C=O) groups excluding carboxylic acids is 1. The van der Waals surface area contributed by atoms with Crippen LogP contribution in [0.25, 0.3) is 0 Å². The molecule has 1 aromatic rings. The lowest BCUT2D eigenvalue weighted by atomic mass is 10.1. The molecule has 0 saturated carbocycles. The SMILES string of the molecule is CCc1cc(C(=O)NCCOCCC(C)C)cc(N)n1. The molecule has 0 aromatic carbocycles. The number of nitrogens with zero attached hydrogens (tertiary/aromatic N) is 1. The van der Waals surface area contributed by atoms with Gasteiger partial charge in [-0.2, -0.15) is 0 Å². The van der Waals surface area contributed by atoms with Gasteiger partial charge in [0.05, 0.1) is 6.61 Å². The maximum Gasteiger partial charge on any atom is 0.251 e. The number of amides is 1. The Labute approximate surface area is 120 Å². The van der Waals surface area contributed by atoms with E-state index in [2.05, 4.69) is 24.1 Å². The third-order valence-corrected chi connectivity index (χ3v) is 2.89. The van der Waals surface area contributed by atoms with Crippen molar-refractivity contribution in [3.8, 4) is 0 Å². The first-order chi connectivity index (χ1) is 9.52. The van der Waals surface area contributed by atoms with Crippen LogP contribution >= 0.6 is 0 Å². The molecule has 0 unspecified atom stereocenters. The van der Waals surface area contributed by atoms with Gasteiger partial charge in [-0.1, -0.05) is 20.8 Å². The average Bonchev–Trinajstić information content (AvgIpc) is 2.41. The fourth-order valence-corrected chi connectivity index (χ4v) is 1.68. The standard InChI is InChI=1S/C15H25N3O2/c1-4-13-9-12(10-14(16)18-13)15(19)17-6-8-20-7-5-11(2)3/h9-11H,4-8H2,1-3H3,(H2,16,18)(H,17,19). The lowest BCUT2D eigenvalue weighted by Crippen LogP contribution is -2.27. The molecule has 3 N–H and O–H groups in total. The van der Waals surface area contributed by atoms with Crippen LogP contribution in [0.15, 0.2) is 12.1 Å². The summed E-state index contributed by atoms with van der Waals surface area (Å²) in [7, 11) is 0. The Kier molecular flexibility index (Phi) is 7.01. The number of carbonyl (C=O) groups is 1. The number of rotatable bonds is 8. The van der Waals surface area contributed by atoms with Crippen molar-refractivity contribution in [1.82, 2.24) is 10.3 Å². The van der Waals surface area contributed by atoms with Gasteiger partial charge in [0.25, 0.3) is 5.91 Å². The van der Waals surface area contributed by atoms with Crippen LogP contribution in [0.4, 0.5) is 5.82 Å². The van der Waals surface area contributed by atoms with Gasteiger partial charge in [0.1, 0.15) is 5.82 Å². The predicted octanol–water partition coefficient (Wildman–Crippen LogP) is 2.02. The molecule has 0 aliphatic carbocycles. The quantitative estimate of drug-likeness (QED) is 0.714. The van der Waals surface area contributed by atoms with E-state index in [9.17, 15) is 4.79 Å². The zero-order valence-corrected chi connectivity index (χ0v) is 12.6. The van der Waals surface area contributed by atoms with Crippen molar-refractivity contribution in [2.24, 2.45) is 5.92 Å². The maximum absolute atomic E-state index is 12.0. The van der Waals surface area contributed by atoms with E-state index < -0.39 is 0 Å². The van der Waals surface area contributed by atoms with Crippen molar-refractivity contribution in [3.63, 3.8) is 0 Å². The number of anilines is 1. The van der Waals surface area contributed by atoms with Crippen LogP contribution in [0.1, 0.15) is 43.2 Å². The molecule has 1 rings (SSSR count). The van der Waals surface area contributed by atoms with Gasteiger partial charge in [-0.05, 0) is 30.9 Å². The summed E-state index contributed by atoms with van der Waals surface area (Å²) in [5.74, 6) is 0.876. The first kappa shape index (κ1) is 16.4. The van der Waals surface area contributed by atoms with Crippen LogP contribution in [-0.4, -0.2) is 30.6 Å². The van der Waals surface area contributed by atoms with E-state index in [1.54, 1.807) is 12.1 Å². The third kappa shape index (κ3) is 6.02. The van der Waals surface area contributed by atoms with Gasteiger partial charge in [0.15, 0.2) is 0 Å². The molecule has 1 amide bonds. The van der Waals surface area contributed by atoms with E-state index in [1.807, 2.05) is 6.92 Å². The second kappa shape index (κ2) is 8.53. The highest BCUT2D eigenvalue weighted by atomic mass is 16.5. The van der Waals surface area contributed by atoms with Gasteiger partial charge in [0.2, 0.25) is 0 Å². The topological polar surface area (TPSA) is 77.2 Å². The second-order valence-electron chi connectivity index (χ2n) is 5.18. The largest absolute Gasteiger partial charge is 0.384 e. The summed E-state index contributed by atoms with van der Waals surface area (Å²) in [5.41, 5.74) is 7.05. The lowest BCUT2D eigenvalue weighted by Gasteiger charge is -2.09. The monoisotopic (exact) mass is 279 g/mol. The zero-order valence-electron chi connectivity index (χ0n) is 12.6. The molecule has 0 fully saturated rings. The molecule has 0 atom stereocenters. The maximum atomic E-state index is 12.0. The number of ether oxygens (including phenoxy) is 1. The van der Waals surface area contributed by atoms with E-state index in [4.69, 9.17) is 10.5 Å². The van der Waals surface area contributed by atoms with Crippen molar-refractivity contribution >= 4 is 11.7 Å². The number of aromatic nitrogens is 1. The number of nitrogen functional groups attached to an aromatic ring is 1. The molecule has 0 spiro atoms. The smallest absolute Gasteiger partial charge is 0.251 e. The number of nitrogens with two attached hydrogens (primary N) is 1. The fourth-order valence-electron chi connectivity index (χ4n) is 1.68. The first-order valence-electron chi connectivity index (χ1n) is 7.15. The Hall–Kier alpha value is -1.62. The van der Waals surface area contributed by atoms with Gasteiger partial charge >= 0.3 is 0 Å². The summed E-state index contributed by atoms with van der Waals surface area (Å²) in [5, 5.41) is 2.82. The first-order valence-corrected chi connectivity index (χ1v) is 7.15. The highest BCUT2D eigenvalue weighted by Crippen LogP contribution is 2.08.